The molecule has 0 saturated carbocycles. The summed E-state index contributed by atoms with van der Waals surface area (Å²) in [6.45, 7) is 0.150. The minimum Gasteiger partial charge on any atom is -0.351 e. The van der Waals surface area contributed by atoms with E-state index in [9.17, 15) is 9.59 Å². The molecule has 0 aliphatic carbocycles. The molecule has 1 aromatic heterocycles. The fraction of sp³-hybridized carbons (Fsp3) is 0.250. The third kappa shape index (κ3) is 2.72. The predicted octanol–water partition coefficient (Wildman–Crippen LogP) is -1.05. The lowest BCUT2D eigenvalue weighted by Gasteiger charge is -2.01. The van der Waals surface area contributed by atoms with Crippen molar-refractivity contribution in [3.05, 3.63) is 34.2 Å². The van der Waals surface area contributed by atoms with Gasteiger partial charge in [-0.25, -0.2) is 0 Å². The number of hydrogen-bond donors (Lipinski definition) is 3. The van der Waals surface area contributed by atoms with Crippen LogP contribution in [0.2, 0.25) is 0 Å². The van der Waals surface area contributed by atoms with E-state index in [0.717, 1.165) is 0 Å². The molecule has 0 fully saturated rings. The molecule has 0 unspecified atom stereocenters. The van der Waals surface area contributed by atoms with Crippen molar-refractivity contribution in [1.29, 1.82) is 0 Å². The van der Waals surface area contributed by atoms with E-state index in [1.54, 1.807) is 12.1 Å². The molecule has 5 heteroatoms. The van der Waals surface area contributed by atoms with E-state index in [4.69, 9.17) is 5.73 Å². The average Bonchev–Trinajstić information content (AvgIpc) is 2.16. The molecule has 0 bridgehead atoms. The number of pyridine rings is 1. The summed E-state index contributed by atoms with van der Waals surface area (Å²) < 4.78 is 0. The topological polar surface area (TPSA) is 88.0 Å². The number of nitrogens with one attached hydrogen (secondary N) is 2. The molecule has 5 nitrogen and oxygen atoms in total. The number of aromatic nitrogens is 1. The van der Waals surface area contributed by atoms with Crippen LogP contribution in [0.4, 0.5) is 0 Å². The van der Waals surface area contributed by atoms with Gasteiger partial charge in [-0.15, -0.1) is 0 Å². The normalized spacial score (nSPS) is 9.62. The van der Waals surface area contributed by atoms with E-state index in [0.29, 0.717) is 5.56 Å². The number of hydrogen-bond acceptors (Lipinski definition) is 3. The first-order valence-corrected chi connectivity index (χ1v) is 3.87. The van der Waals surface area contributed by atoms with Crippen LogP contribution in [0, 0.1) is 0 Å². The number of carbonyl (C=O) groups is 1. The number of rotatable bonds is 3. The first kappa shape index (κ1) is 9.47. The van der Waals surface area contributed by atoms with Gasteiger partial charge in [-0.3, -0.25) is 9.59 Å². The fourth-order valence-electron chi connectivity index (χ4n) is 0.862. The van der Waals surface area contributed by atoms with Crippen LogP contribution < -0.4 is 16.6 Å². The Morgan fingerprint density at radius 2 is 2.38 bits per heavy atom. The van der Waals surface area contributed by atoms with Gasteiger partial charge in [0.1, 0.15) is 0 Å². The Morgan fingerprint density at radius 3 is 3.00 bits per heavy atom. The molecule has 0 radical (unpaired) electrons. The summed E-state index contributed by atoms with van der Waals surface area (Å²) in [5.74, 6) is -0.275. The number of H-pyrrole nitrogens is 1. The van der Waals surface area contributed by atoms with Crippen LogP contribution in [-0.2, 0) is 11.3 Å². The standard InChI is InChI=1S/C8H11N3O2/c9-4-7(12)11-5-6-2-1-3-10-8(6)13/h1-3H,4-5,9H2,(H,10,13)(H,11,12). The summed E-state index contributed by atoms with van der Waals surface area (Å²) in [5, 5.41) is 2.51. The molecule has 0 aliphatic heterocycles. The minimum absolute atomic E-state index is 0.0647. The van der Waals surface area contributed by atoms with Crippen LogP contribution in [0.25, 0.3) is 0 Å². The van der Waals surface area contributed by atoms with Gasteiger partial charge in [0.15, 0.2) is 0 Å². The molecular formula is C8H11N3O2. The molecule has 0 atom stereocenters. The van der Waals surface area contributed by atoms with Crippen molar-refractivity contribution in [2.24, 2.45) is 5.73 Å². The Bertz CT molecular complexity index is 345. The van der Waals surface area contributed by atoms with Gasteiger partial charge in [-0.1, -0.05) is 6.07 Å². The zero-order chi connectivity index (χ0) is 9.68. The average molecular weight is 181 g/mol. The molecule has 1 amide bonds. The van der Waals surface area contributed by atoms with Gasteiger partial charge in [0.2, 0.25) is 5.91 Å². The van der Waals surface area contributed by atoms with Gasteiger partial charge in [0, 0.05) is 18.3 Å². The summed E-state index contributed by atoms with van der Waals surface area (Å²) in [4.78, 5) is 24.3. The molecule has 1 aromatic rings. The van der Waals surface area contributed by atoms with Gasteiger partial charge in [0.25, 0.3) is 5.56 Å². The highest BCUT2D eigenvalue weighted by Gasteiger charge is 2.00. The quantitative estimate of drug-likeness (QED) is 0.556. The second-order valence-corrected chi connectivity index (χ2v) is 2.51. The smallest absolute Gasteiger partial charge is 0.252 e. The van der Waals surface area contributed by atoms with Crippen molar-refractivity contribution in [3.63, 3.8) is 0 Å². The van der Waals surface area contributed by atoms with Crippen molar-refractivity contribution in [2.75, 3.05) is 6.54 Å². The van der Waals surface area contributed by atoms with Crippen LogP contribution in [0.1, 0.15) is 5.56 Å². The second-order valence-electron chi connectivity index (χ2n) is 2.51. The highest BCUT2D eigenvalue weighted by atomic mass is 16.2. The largest absolute Gasteiger partial charge is 0.351 e. The number of amides is 1. The lowest BCUT2D eigenvalue weighted by Crippen LogP contribution is -2.31. The number of aromatic amines is 1. The SMILES string of the molecule is NCC(=O)NCc1ccc[nH]c1=O. The van der Waals surface area contributed by atoms with E-state index in [-0.39, 0.29) is 24.6 Å². The molecule has 1 heterocycles. The Balaban J connectivity index is 2.60. The summed E-state index contributed by atoms with van der Waals surface area (Å²) in [5.41, 5.74) is 5.40. The molecular weight excluding hydrogens is 170 g/mol. The van der Waals surface area contributed by atoms with Crippen LogP contribution >= 0.6 is 0 Å². The molecule has 0 aliphatic rings. The highest BCUT2D eigenvalue weighted by Crippen LogP contribution is 1.87. The van der Waals surface area contributed by atoms with Crippen molar-refractivity contribution in [2.45, 2.75) is 6.54 Å². The summed E-state index contributed by atoms with van der Waals surface area (Å²) in [6.07, 6.45) is 1.54. The number of nitrogens with two attached hydrogens (primary N) is 1. The van der Waals surface area contributed by atoms with Gasteiger partial charge >= 0.3 is 0 Å². The zero-order valence-corrected chi connectivity index (χ0v) is 7.04. The lowest BCUT2D eigenvalue weighted by atomic mass is 10.3. The van der Waals surface area contributed by atoms with E-state index >= 15 is 0 Å². The van der Waals surface area contributed by atoms with Crippen molar-refractivity contribution >= 4 is 5.91 Å². The molecule has 0 aromatic carbocycles. The molecule has 13 heavy (non-hydrogen) atoms. The van der Waals surface area contributed by atoms with Gasteiger partial charge in [-0.05, 0) is 6.07 Å². The van der Waals surface area contributed by atoms with E-state index in [1.165, 1.54) is 6.20 Å². The highest BCUT2D eigenvalue weighted by molar-refractivity contribution is 5.77. The first-order valence-electron chi connectivity index (χ1n) is 3.87. The monoisotopic (exact) mass is 181 g/mol. The Morgan fingerprint density at radius 1 is 1.62 bits per heavy atom. The van der Waals surface area contributed by atoms with Crippen LogP contribution in [0.3, 0.4) is 0 Å². The molecule has 70 valence electrons. The van der Waals surface area contributed by atoms with Gasteiger partial charge < -0.3 is 16.0 Å². The van der Waals surface area contributed by atoms with Crippen molar-refractivity contribution in [1.82, 2.24) is 10.3 Å². The Labute approximate surface area is 75.0 Å². The maximum absolute atomic E-state index is 11.1. The van der Waals surface area contributed by atoms with Crippen LogP contribution in [0.15, 0.2) is 23.1 Å². The Hall–Kier alpha value is -1.62. The lowest BCUT2D eigenvalue weighted by molar-refractivity contribution is -0.119. The summed E-state index contributed by atoms with van der Waals surface area (Å²) in [6, 6.07) is 3.35. The molecule has 0 spiro atoms. The predicted molar refractivity (Wildman–Crippen MR) is 48.0 cm³/mol. The van der Waals surface area contributed by atoms with Gasteiger partial charge in [0.05, 0.1) is 6.54 Å². The van der Waals surface area contributed by atoms with Crippen molar-refractivity contribution < 1.29 is 4.79 Å². The third-order valence-electron chi connectivity index (χ3n) is 1.56. The Kier molecular flexibility index (Phi) is 3.22. The third-order valence-corrected chi connectivity index (χ3v) is 1.56. The molecule has 1 rings (SSSR count). The summed E-state index contributed by atoms with van der Waals surface area (Å²) >= 11 is 0. The summed E-state index contributed by atoms with van der Waals surface area (Å²) in [7, 11) is 0. The maximum Gasteiger partial charge on any atom is 0.252 e. The van der Waals surface area contributed by atoms with Crippen molar-refractivity contribution in [3.8, 4) is 0 Å². The van der Waals surface area contributed by atoms with Crippen LogP contribution in [-0.4, -0.2) is 17.4 Å². The number of carbonyl (C=O) groups excluding carboxylic acids is 1. The fourth-order valence-corrected chi connectivity index (χ4v) is 0.862. The second kappa shape index (κ2) is 4.42. The zero-order valence-electron chi connectivity index (χ0n) is 7.04. The maximum atomic E-state index is 11.1. The molecule has 0 saturated heterocycles. The van der Waals surface area contributed by atoms with E-state index in [1.807, 2.05) is 0 Å². The first-order chi connectivity index (χ1) is 6.24. The van der Waals surface area contributed by atoms with E-state index < -0.39 is 0 Å². The van der Waals surface area contributed by atoms with E-state index in [2.05, 4.69) is 10.3 Å². The minimum atomic E-state index is -0.275. The van der Waals surface area contributed by atoms with Crippen LogP contribution in [0.5, 0.6) is 0 Å². The molecule has 4 N–H and O–H groups in total. The van der Waals surface area contributed by atoms with Gasteiger partial charge in [-0.2, -0.15) is 0 Å².